The van der Waals surface area contributed by atoms with Gasteiger partial charge in [0.05, 0.1) is 6.10 Å². The molecule has 1 aliphatic heterocycles. The molecule has 0 spiro atoms. The average Bonchev–Trinajstić information content (AvgIpc) is 2.53. The van der Waals surface area contributed by atoms with Gasteiger partial charge in [-0.05, 0) is 12.3 Å². The normalized spacial score (nSPS) is 33.6. The summed E-state index contributed by atoms with van der Waals surface area (Å²) in [6.07, 6.45) is 25.8. The second-order valence-electron chi connectivity index (χ2n) is 5.24. The fourth-order valence-electron chi connectivity index (χ4n) is 1.74. The first-order valence-corrected chi connectivity index (χ1v) is 7.82. The van der Waals surface area contributed by atoms with Crippen molar-refractivity contribution >= 4 is 5.91 Å². The highest BCUT2D eigenvalue weighted by Gasteiger charge is 1.98. The van der Waals surface area contributed by atoms with Crippen molar-refractivity contribution in [3.8, 4) is 0 Å². The SMILES string of the molecule is C[C@@H]1/C=C/C=C/C=C/C=C\[C@H](O)C/C=C/C=C/C=C/C(=O)NC1. The summed E-state index contributed by atoms with van der Waals surface area (Å²) >= 11 is 0. The Morgan fingerprint density at radius 1 is 0.913 bits per heavy atom. The van der Waals surface area contributed by atoms with Crippen LogP contribution in [0.2, 0.25) is 0 Å². The van der Waals surface area contributed by atoms with Gasteiger partial charge in [-0.2, -0.15) is 0 Å². The highest BCUT2D eigenvalue weighted by atomic mass is 16.3. The van der Waals surface area contributed by atoms with E-state index in [9.17, 15) is 9.90 Å². The maximum Gasteiger partial charge on any atom is 0.243 e. The number of aliphatic hydroxyl groups excluding tert-OH is 1. The summed E-state index contributed by atoms with van der Waals surface area (Å²) in [5, 5.41) is 12.6. The summed E-state index contributed by atoms with van der Waals surface area (Å²) in [5.74, 6) is 0.160. The van der Waals surface area contributed by atoms with Crippen LogP contribution in [0.15, 0.2) is 85.1 Å². The molecular formula is C20H25NO2. The van der Waals surface area contributed by atoms with E-state index in [2.05, 4.69) is 5.32 Å². The number of hydrogen-bond acceptors (Lipinski definition) is 2. The predicted molar refractivity (Wildman–Crippen MR) is 96.8 cm³/mol. The summed E-state index contributed by atoms with van der Waals surface area (Å²) in [6, 6.07) is 0. The van der Waals surface area contributed by atoms with Crippen LogP contribution < -0.4 is 5.32 Å². The maximum absolute atomic E-state index is 11.6. The molecular weight excluding hydrogens is 286 g/mol. The molecule has 122 valence electrons. The minimum absolute atomic E-state index is 0.104. The zero-order valence-corrected chi connectivity index (χ0v) is 13.5. The lowest BCUT2D eigenvalue weighted by atomic mass is 10.1. The molecule has 0 fully saturated rings. The van der Waals surface area contributed by atoms with Gasteiger partial charge in [-0.15, -0.1) is 0 Å². The van der Waals surface area contributed by atoms with Crippen LogP contribution in [0, 0.1) is 5.92 Å². The highest BCUT2D eigenvalue weighted by Crippen LogP contribution is 1.98. The number of hydrogen-bond donors (Lipinski definition) is 2. The van der Waals surface area contributed by atoms with Crippen molar-refractivity contribution in [3.05, 3.63) is 85.1 Å². The van der Waals surface area contributed by atoms with Gasteiger partial charge in [0.1, 0.15) is 0 Å². The highest BCUT2D eigenvalue weighted by molar-refractivity contribution is 5.87. The third-order valence-electron chi connectivity index (χ3n) is 3.02. The van der Waals surface area contributed by atoms with Crippen LogP contribution in [0.5, 0.6) is 0 Å². The second-order valence-corrected chi connectivity index (χ2v) is 5.24. The quantitative estimate of drug-likeness (QED) is 0.720. The molecule has 0 aromatic rings. The van der Waals surface area contributed by atoms with Crippen LogP contribution in [0.4, 0.5) is 0 Å². The summed E-state index contributed by atoms with van der Waals surface area (Å²) < 4.78 is 0. The minimum atomic E-state index is -0.499. The summed E-state index contributed by atoms with van der Waals surface area (Å²) in [4.78, 5) is 11.6. The largest absolute Gasteiger partial charge is 0.389 e. The van der Waals surface area contributed by atoms with Crippen LogP contribution in [0.3, 0.4) is 0 Å². The standard InChI is InChI=1S/C20H25NO2/c1-18-13-9-5-2-3-6-10-14-19(22)15-11-7-4-8-12-16-20(23)21-17-18/h2-14,16,18-19,22H,15,17H2,1H3,(H,21,23)/b5-2+,6-3+,8-4+,11-7+,13-9+,14-10-,16-12+/t18-,19+/m1/s1. The van der Waals surface area contributed by atoms with Crippen molar-refractivity contribution in [2.45, 2.75) is 19.4 Å². The molecule has 2 atom stereocenters. The molecule has 0 unspecified atom stereocenters. The average molecular weight is 311 g/mol. The van der Waals surface area contributed by atoms with Crippen molar-refractivity contribution in [2.75, 3.05) is 6.54 Å². The third kappa shape index (κ3) is 10.9. The van der Waals surface area contributed by atoms with Gasteiger partial charge in [0.2, 0.25) is 5.91 Å². The van der Waals surface area contributed by atoms with Crippen molar-refractivity contribution in [1.29, 1.82) is 0 Å². The van der Waals surface area contributed by atoms with Gasteiger partial charge in [0, 0.05) is 12.6 Å². The van der Waals surface area contributed by atoms with Crippen molar-refractivity contribution in [3.63, 3.8) is 0 Å². The van der Waals surface area contributed by atoms with Crippen LogP contribution in [-0.2, 0) is 4.79 Å². The van der Waals surface area contributed by atoms with E-state index in [1.165, 1.54) is 6.08 Å². The fraction of sp³-hybridized carbons (Fsp3) is 0.250. The lowest BCUT2D eigenvalue weighted by molar-refractivity contribution is -0.116. The molecule has 0 radical (unpaired) electrons. The van der Waals surface area contributed by atoms with Gasteiger partial charge < -0.3 is 10.4 Å². The lowest BCUT2D eigenvalue weighted by Crippen LogP contribution is -2.25. The molecule has 0 saturated carbocycles. The van der Waals surface area contributed by atoms with E-state index in [0.717, 1.165) is 0 Å². The van der Waals surface area contributed by atoms with Crippen molar-refractivity contribution < 1.29 is 9.90 Å². The monoisotopic (exact) mass is 311 g/mol. The molecule has 0 aromatic carbocycles. The maximum atomic E-state index is 11.6. The summed E-state index contributed by atoms with van der Waals surface area (Å²) in [5.41, 5.74) is 0. The molecule has 0 bridgehead atoms. The molecule has 0 aromatic heterocycles. The molecule has 0 aliphatic carbocycles. The number of carbonyl (C=O) groups excluding carboxylic acids is 1. The first-order valence-electron chi connectivity index (χ1n) is 7.82. The van der Waals surface area contributed by atoms with E-state index in [4.69, 9.17) is 0 Å². The van der Waals surface area contributed by atoms with Gasteiger partial charge in [-0.1, -0.05) is 85.9 Å². The third-order valence-corrected chi connectivity index (χ3v) is 3.02. The van der Waals surface area contributed by atoms with Gasteiger partial charge >= 0.3 is 0 Å². The molecule has 3 nitrogen and oxygen atoms in total. The lowest BCUT2D eigenvalue weighted by Gasteiger charge is -2.05. The van der Waals surface area contributed by atoms with Crippen LogP contribution >= 0.6 is 0 Å². The first kappa shape index (κ1) is 18.7. The van der Waals surface area contributed by atoms with Crippen LogP contribution in [0.1, 0.15) is 13.3 Å². The fourth-order valence-corrected chi connectivity index (χ4v) is 1.74. The smallest absolute Gasteiger partial charge is 0.243 e. The Morgan fingerprint density at radius 3 is 2.30 bits per heavy atom. The molecule has 1 amide bonds. The first-order chi connectivity index (χ1) is 11.2. The van der Waals surface area contributed by atoms with Gasteiger partial charge in [0.25, 0.3) is 0 Å². The Kier molecular flexibility index (Phi) is 9.88. The van der Waals surface area contributed by atoms with Crippen LogP contribution in [0.25, 0.3) is 0 Å². The second kappa shape index (κ2) is 12.2. The number of nitrogens with one attached hydrogen (secondary N) is 1. The molecule has 1 aliphatic rings. The number of amides is 1. The minimum Gasteiger partial charge on any atom is -0.389 e. The number of carbonyl (C=O) groups is 1. The van der Waals surface area contributed by atoms with Crippen molar-refractivity contribution in [1.82, 2.24) is 5.32 Å². The number of aliphatic hydroxyl groups is 1. The zero-order valence-electron chi connectivity index (χ0n) is 13.5. The topological polar surface area (TPSA) is 49.3 Å². The van der Waals surface area contributed by atoms with Crippen LogP contribution in [-0.4, -0.2) is 23.7 Å². The Morgan fingerprint density at radius 2 is 1.52 bits per heavy atom. The molecule has 2 N–H and O–H groups in total. The Bertz CT molecular complexity index is 548. The summed E-state index contributed by atoms with van der Waals surface area (Å²) in [6.45, 7) is 2.65. The van der Waals surface area contributed by atoms with Crippen molar-refractivity contribution in [2.24, 2.45) is 5.92 Å². The van der Waals surface area contributed by atoms with Gasteiger partial charge in [0.15, 0.2) is 0 Å². The van der Waals surface area contributed by atoms with E-state index in [0.29, 0.717) is 13.0 Å². The Balaban J connectivity index is 2.70. The number of allylic oxidation sites excluding steroid dienone is 10. The van der Waals surface area contributed by atoms with E-state index < -0.39 is 6.10 Å². The zero-order chi connectivity index (χ0) is 16.8. The van der Waals surface area contributed by atoms with Gasteiger partial charge in [-0.3, -0.25) is 4.79 Å². The Labute approximate surface area is 138 Å². The van der Waals surface area contributed by atoms with E-state index in [1.54, 1.807) is 18.2 Å². The number of rotatable bonds is 0. The molecule has 3 heteroatoms. The van der Waals surface area contributed by atoms with E-state index >= 15 is 0 Å². The molecule has 23 heavy (non-hydrogen) atoms. The molecule has 1 heterocycles. The van der Waals surface area contributed by atoms with E-state index in [-0.39, 0.29) is 11.8 Å². The van der Waals surface area contributed by atoms with Gasteiger partial charge in [-0.25, -0.2) is 0 Å². The molecule has 1 rings (SSSR count). The Hall–Kier alpha value is -2.39. The molecule has 0 saturated heterocycles. The predicted octanol–water partition coefficient (Wildman–Crippen LogP) is 3.40. The summed E-state index contributed by atoms with van der Waals surface area (Å²) in [7, 11) is 0. The van der Waals surface area contributed by atoms with E-state index in [1.807, 2.05) is 67.7 Å².